The summed E-state index contributed by atoms with van der Waals surface area (Å²) < 4.78 is 24.4. The summed E-state index contributed by atoms with van der Waals surface area (Å²) in [5, 5.41) is 21.7. The van der Waals surface area contributed by atoms with E-state index in [9.17, 15) is 13.5 Å². The Bertz CT molecular complexity index is 974. The van der Waals surface area contributed by atoms with Gasteiger partial charge in [-0.2, -0.15) is 4.98 Å². The molecule has 8 nitrogen and oxygen atoms in total. The van der Waals surface area contributed by atoms with E-state index in [4.69, 9.17) is 5.14 Å². The number of rotatable bonds is 7. The van der Waals surface area contributed by atoms with Crippen molar-refractivity contribution < 1.29 is 13.5 Å². The second-order valence-corrected chi connectivity index (χ2v) is 9.57. The monoisotopic (exact) mass is 471 g/mol. The summed E-state index contributed by atoms with van der Waals surface area (Å²) in [6, 6.07) is 3.16. The van der Waals surface area contributed by atoms with E-state index in [-0.39, 0.29) is 10.9 Å². The number of sulfonamides is 1. The lowest BCUT2D eigenvalue weighted by Crippen LogP contribution is -2.39. The standard InChI is InChI=1S/C18H26BrN5O3S/c1-6-12-8-13(7-10(2)15(12)28(20,26)27)23-17-21-9-14(19)16(24-17)22-11(3)18(4,5)25/h7-9,11,25H,6H2,1-5H3,(H2,20,26,27)(H2,21,22,23,24)/t11-/m1/s1. The largest absolute Gasteiger partial charge is 0.388 e. The van der Waals surface area contributed by atoms with Crippen molar-refractivity contribution in [3.63, 3.8) is 0 Å². The maximum Gasteiger partial charge on any atom is 0.238 e. The highest BCUT2D eigenvalue weighted by Gasteiger charge is 2.23. The van der Waals surface area contributed by atoms with Gasteiger partial charge in [0, 0.05) is 11.9 Å². The second-order valence-electron chi connectivity index (χ2n) is 7.21. The zero-order valence-electron chi connectivity index (χ0n) is 16.5. The van der Waals surface area contributed by atoms with Crippen LogP contribution < -0.4 is 15.8 Å². The van der Waals surface area contributed by atoms with Crippen molar-refractivity contribution in [3.8, 4) is 0 Å². The Hall–Kier alpha value is -1.75. The van der Waals surface area contributed by atoms with Gasteiger partial charge in [0.15, 0.2) is 0 Å². The smallest absolute Gasteiger partial charge is 0.238 e. The molecule has 5 N–H and O–H groups in total. The van der Waals surface area contributed by atoms with E-state index < -0.39 is 15.6 Å². The summed E-state index contributed by atoms with van der Waals surface area (Å²) >= 11 is 3.40. The average Bonchev–Trinajstić information content (AvgIpc) is 2.55. The Balaban J connectivity index is 2.36. The van der Waals surface area contributed by atoms with Crippen LogP contribution in [0.15, 0.2) is 27.7 Å². The molecule has 0 amide bonds. The molecule has 0 fully saturated rings. The van der Waals surface area contributed by atoms with E-state index in [1.165, 1.54) is 0 Å². The zero-order chi connectivity index (χ0) is 21.3. The van der Waals surface area contributed by atoms with Gasteiger partial charge in [-0.25, -0.2) is 18.5 Å². The number of primary sulfonamides is 1. The minimum absolute atomic E-state index is 0.152. The molecule has 0 saturated carbocycles. The third kappa shape index (κ3) is 5.40. The summed E-state index contributed by atoms with van der Waals surface area (Å²) in [5.41, 5.74) is 0.895. The predicted molar refractivity (Wildman–Crippen MR) is 114 cm³/mol. The van der Waals surface area contributed by atoms with Gasteiger partial charge in [-0.3, -0.25) is 0 Å². The molecule has 0 aliphatic rings. The highest BCUT2D eigenvalue weighted by molar-refractivity contribution is 9.10. The highest BCUT2D eigenvalue weighted by Crippen LogP contribution is 2.28. The molecule has 0 bridgehead atoms. The lowest BCUT2D eigenvalue weighted by atomic mass is 10.0. The number of hydrogen-bond acceptors (Lipinski definition) is 7. The summed E-state index contributed by atoms with van der Waals surface area (Å²) in [7, 11) is -3.80. The fraction of sp³-hybridized carbons (Fsp3) is 0.444. The van der Waals surface area contributed by atoms with Crippen molar-refractivity contribution in [3.05, 3.63) is 33.9 Å². The normalized spacial score (nSPS) is 13.3. The van der Waals surface area contributed by atoms with Crippen LogP contribution in [-0.2, 0) is 16.4 Å². The maximum atomic E-state index is 11.9. The van der Waals surface area contributed by atoms with Crippen LogP contribution in [0.1, 0.15) is 38.8 Å². The number of aromatic nitrogens is 2. The molecule has 154 valence electrons. The number of nitrogens with zero attached hydrogens (tertiary/aromatic N) is 2. The molecule has 2 rings (SSSR count). The lowest BCUT2D eigenvalue weighted by molar-refractivity contribution is 0.0647. The number of hydrogen-bond donors (Lipinski definition) is 4. The molecule has 10 heteroatoms. The van der Waals surface area contributed by atoms with Crippen LogP contribution in [-0.4, -0.2) is 35.1 Å². The average molecular weight is 472 g/mol. The van der Waals surface area contributed by atoms with Gasteiger partial charge < -0.3 is 15.7 Å². The van der Waals surface area contributed by atoms with Crippen molar-refractivity contribution in [1.29, 1.82) is 0 Å². The fourth-order valence-corrected chi connectivity index (χ4v) is 4.01. The Kier molecular flexibility index (Phi) is 6.70. The van der Waals surface area contributed by atoms with Crippen LogP contribution in [0.4, 0.5) is 17.5 Å². The van der Waals surface area contributed by atoms with Crippen LogP contribution in [0, 0.1) is 6.92 Å². The summed E-state index contributed by atoms with van der Waals surface area (Å²) in [5.74, 6) is 0.860. The van der Waals surface area contributed by atoms with Crippen LogP contribution in [0.25, 0.3) is 0 Å². The van der Waals surface area contributed by atoms with Crippen LogP contribution >= 0.6 is 15.9 Å². The van der Waals surface area contributed by atoms with Gasteiger partial charge >= 0.3 is 0 Å². The van der Waals surface area contributed by atoms with Crippen LogP contribution in [0.2, 0.25) is 0 Å². The molecule has 28 heavy (non-hydrogen) atoms. The van der Waals surface area contributed by atoms with Gasteiger partial charge in [0.1, 0.15) is 5.82 Å². The first-order chi connectivity index (χ1) is 12.8. The highest BCUT2D eigenvalue weighted by atomic mass is 79.9. The van der Waals surface area contributed by atoms with Gasteiger partial charge in [-0.05, 0) is 73.3 Å². The Labute approximate surface area is 174 Å². The Morgan fingerprint density at radius 3 is 2.54 bits per heavy atom. The topological polar surface area (TPSA) is 130 Å². The molecule has 0 saturated heterocycles. The molecule has 0 radical (unpaired) electrons. The van der Waals surface area contributed by atoms with E-state index in [0.29, 0.717) is 39.5 Å². The first-order valence-corrected chi connectivity index (χ1v) is 11.1. The van der Waals surface area contributed by atoms with Crippen molar-refractivity contribution >= 4 is 43.4 Å². The van der Waals surface area contributed by atoms with E-state index in [0.717, 1.165) is 0 Å². The zero-order valence-corrected chi connectivity index (χ0v) is 18.9. The SMILES string of the molecule is CCc1cc(Nc2ncc(Br)c(N[C@H](C)C(C)(C)O)n2)cc(C)c1S(N)(=O)=O. The number of anilines is 3. The summed E-state index contributed by atoms with van der Waals surface area (Å²) in [6.07, 6.45) is 2.11. The first-order valence-electron chi connectivity index (χ1n) is 8.77. The van der Waals surface area contributed by atoms with Gasteiger partial charge in [0.2, 0.25) is 16.0 Å². The number of nitrogens with two attached hydrogens (primary N) is 1. The Morgan fingerprint density at radius 1 is 1.36 bits per heavy atom. The number of nitrogens with one attached hydrogen (secondary N) is 2. The predicted octanol–water partition coefficient (Wildman–Crippen LogP) is 3.07. The minimum Gasteiger partial charge on any atom is -0.388 e. The minimum atomic E-state index is -3.80. The van der Waals surface area contributed by atoms with Gasteiger partial charge in [-0.1, -0.05) is 6.92 Å². The molecule has 2 aromatic rings. The summed E-state index contributed by atoms with van der Waals surface area (Å²) in [4.78, 5) is 8.84. The van der Waals surface area contributed by atoms with E-state index in [1.54, 1.807) is 39.1 Å². The van der Waals surface area contributed by atoms with Crippen molar-refractivity contribution in [1.82, 2.24) is 9.97 Å². The maximum absolute atomic E-state index is 11.9. The molecule has 0 unspecified atom stereocenters. The quantitative estimate of drug-likeness (QED) is 0.487. The van der Waals surface area contributed by atoms with Gasteiger partial charge in [0.25, 0.3) is 0 Å². The van der Waals surface area contributed by atoms with Gasteiger partial charge in [0.05, 0.1) is 21.0 Å². The first kappa shape index (κ1) is 22.5. The Morgan fingerprint density at radius 2 is 2.00 bits per heavy atom. The molecule has 0 aliphatic carbocycles. The molecule has 1 atom stereocenters. The van der Waals surface area contributed by atoms with Crippen LogP contribution in [0.3, 0.4) is 0 Å². The number of aryl methyl sites for hydroxylation is 2. The van der Waals surface area contributed by atoms with Gasteiger partial charge in [-0.15, -0.1) is 0 Å². The number of benzene rings is 1. The van der Waals surface area contributed by atoms with E-state index in [2.05, 4.69) is 36.5 Å². The van der Waals surface area contributed by atoms with Crippen molar-refractivity contribution in [2.75, 3.05) is 10.6 Å². The van der Waals surface area contributed by atoms with E-state index >= 15 is 0 Å². The fourth-order valence-electron chi connectivity index (χ4n) is 2.63. The molecule has 1 heterocycles. The lowest BCUT2D eigenvalue weighted by Gasteiger charge is -2.27. The number of aliphatic hydroxyl groups is 1. The molecule has 0 spiro atoms. The van der Waals surface area contributed by atoms with Crippen molar-refractivity contribution in [2.24, 2.45) is 5.14 Å². The molecular formula is C18H26BrN5O3S. The third-order valence-electron chi connectivity index (χ3n) is 4.43. The molecule has 1 aromatic heterocycles. The van der Waals surface area contributed by atoms with Crippen LogP contribution in [0.5, 0.6) is 0 Å². The molecule has 0 aliphatic heterocycles. The van der Waals surface area contributed by atoms with Crippen molar-refractivity contribution in [2.45, 2.75) is 57.6 Å². The molecular weight excluding hydrogens is 446 g/mol. The third-order valence-corrected chi connectivity index (χ3v) is 6.16. The second kappa shape index (κ2) is 8.32. The summed E-state index contributed by atoms with van der Waals surface area (Å²) in [6.45, 7) is 8.83. The number of halogens is 1. The molecule has 1 aromatic carbocycles. The van der Waals surface area contributed by atoms with E-state index in [1.807, 2.05) is 13.8 Å².